The van der Waals surface area contributed by atoms with Gasteiger partial charge in [0.15, 0.2) is 0 Å². The van der Waals surface area contributed by atoms with Crippen LogP contribution >= 0.6 is 11.6 Å². The molecule has 2 N–H and O–H groups in total. The van der Waals surface area contributed by atoms with Crippen LogP contribution in [-0.4, -0.2) is 19.0 Å². The molecule has 0 unspecified atom stereocenters. The molecule has 0 saturated heterocycles. The van der Waals surface area contributed by atoms with Gasteiger partial charge >= 0.3 is 5.97 Å². The molecule has 0 heterocycles. The predicted molar refractivity (Wildman–Crippen MR) is 86.4 cm³/mol. The quantitative estimate of drug-likeness (QED) is 0.653. The largest absolute Gasteiger partial charge is 0.469 e. The Balaban J connectivity index is 2.17. The molecular formula is C16H15ClN2O3. The van der Waals surface area contributed by atoms with Crippen LogP contribution < -0.4 is 10.6 Å². The lowest BCUT2D eigenvalue weighted by Crippen LogP contribution is -2.17. The number of carbonyl (C=O) groups excluding carboxylic acids is 2. The van der Waals surface area contributed by atoms with Crippen molar-refractivity contribution in [2.75, 3.05) is 17.7 Å². The molecule has 114 valence electrons. The minimum absolute atomic E-state index is 0.343. The first-order valence-corrected chi connectivity index (χ1v) is 6.94. The van der Waals surface area contributed by atoms with E-state index in [4.69, 9.17) is 11.6 Å². The molecule has 0 aromatic heterocycles. The van der Waals surface area contributed by atoms with Gasteiger partial charge in [0.05, 0.1) is 18.5 Å². The molecule has 0 atom stereocenters. The monoisotopic (exact) mass is 318 g/mol. The van der Waals surface area contributed by atoms with Gasteiger partial charge in [-0.3, -0.25) is 9.59 Å². The van der Waals surface area contributed by atoms with Crippen molar-refractivity contribution < 1.29 is 14.3 Å². The van der Waals surface area contributed by atoms with Crippen molar-refractivity contribution in [2.45, 2.75) is 6.42 Å². The van der Waals surface area contributed by atoms with Crippen LogP contribution in [0.3, 0.4) is 0 Å². The van der Waals surface area contributed by atoms with Gasteiger partial charge < -0.3 is 15.4 Å². The van der Waals surface area contributed by atoms with E-state index in [1.807, 2.05) is 30.3 Å². The average molecular weight is 319 g/mol. The van der Waals surface area contributed by atoms with E-state index < -0.39 is 11.9 Å². The van der Waals surface area contributed by atoms with E-state index >= 15 is 0 Å². The van der Waals surface area contributed by atoms with Crippen molar-refractivity contribution in [3.8, 4) is 0 Å². The minimum atomic E-state index is -0.593. The molecule has 1 amide bonds. The number of esters is 1. The third-order valence-corrected chi connectivity index (χ3v) is 3.08. The zero-order valence-corrected chi connectivity index (χ0v) is 12.7. The van der Waals surface area contributed by atoms with Crippen LogP contribution in [0.4, 0.5) is 17.1 Å². The highest BCUT2D eigenvalue weighted by molar-refractivity contribution is 6.31. The van der Waals surface area contributed by atoms with E-state index in [2.05, 4.69) is 15.4 Å². The summed E-state index contributed by atoms with van der Waals surface area (Å²) in [6.07, 6.45) is -0.343. The average Bonchev–Trinajstić information content (AvgIpc) is 2.51. The zero-order valence-electron chi connectivity index (χ0n) is 11.9. The van der Waals surface area contributed by atoms with Crippen LogP contribution in [0.15, 0.2) is 48.5 Å². The fraction of sp³-hybridized carbons (Fsp3) is 0.125. The number of para-hydroxylation sites is 1. The first kappa shape index (κ1) is 15.9. The van der Waals surface area contributed by atoms with Gasteiger partial charge in [-0.15, -0.1) is 0 Å². The molecule has 0 radical (unpaired) electrons. The Hall–Kier alpha value is -2.53. The Labute approximate surface area is 133 Å². The first-order valence-electron chi connectivity index (χ1n) is 6.57. The summed E-state index contributed by atoms with van der Waals surface area (Å²) in [5, 5.41) is 6.36. The Morgan fingerprint density at radius 3 is 2.50 bits per heavy atom. The molecule has 5 nitrogen and oxygen atoms in total. The van der Waals surface area contributed by atoms with Crippen LogP contribution in [0.25, 0.3) is 0 Å². The predicted octanol–water partition coefficient (Wildman–Crippen LogP) is 3.59. The number of benzene rings is 2. The number of rotatable bonds is 5. The summed E-state index contributed by atoms with van der Waals surface area (Å²) in [5.41, 5.74) is 2.02. The maximum Gasteiger partial charge on any atom is 0.315 e. The summed E-state index contributed by atoms with van der Waals surface area (Å²) in [6, 6.07) is 14.5. The Morgan fingerprint density at radius 1 is 1.09 bits per heavy atom. The normalized spacial score (nSPS) is 9.91. The fourth-order valence-electron chi connectivity index (χ4n) is 1.80. The second-order valence-electron chi connectivity index (χ2n) is 4.48. The summed E-state index contributed by atoms with van der Waals surface area (Å²) in [7, 11) is 1.24. The van der Waals surface area contributed by atoms with Gasteiger partial charge in [-0.2, -0.15) is 0 Å². The number of carbonyl (C=O) groups is 2. The van der Waals surface area contributed by atoms with Crippen molar-refractivity contribution in [3.05, 3.63) is 53.6 Å². The molecule has 0 bridgehead atoms. The van der Waals surface area contributed by atoms with Gasteiger partial charge in [-0.25, -0.2) is 0 Å². The number of ether oxygens (including phenoxy) is 1. The second kappa shape index (κ2) is 7.47. The lowest BCUT2D eigenvalue weighted by Gasteiger charge is -2.13. The van der Waals surface area contributed by atoms with Crippen LogP contribution in [0.2, 0.25) is 5.02 Å². The number of halogens is 1. The van der Waals surface area contributed by atoms with E-state index in [1.165, 1.54) is 7.11 Å². The molecule has 2 aromatic rings. The minimum Gasteiger partial charge on any atom is -0.469 e. The summed E-state index contributed by atoms with van der Waals surface area (Å²) >= 11 is 6.00. The summed E-state index contributed by atoms with van der Waals surface area (Å²) in [5.74, 6) is -1.05. The van der Waals surface area contributed by atoms with Gasteiger partial charge in [0.2, 0.25) is 5.91 Å². The van der Waals surface area contributed by atoms with Gasteiger partial charge in [-0.1, -0.05) is 29.8 Å². The highest BCUT2D eigenvalue weighted by Crippen LogP contribution is 2.28. The molecule has 0 spiro atoms. The number of anilines is 3. The molecule has 0 aliphatic carbocycles. The fourth-order valence-corrected chi connectivity index (χ4v) is 1.98. The topological polar surface area (TPSA) is 67.4 Å². The lowest BCUT2D eigenvalue weighted by molar-refractivity contribution is -0.142. The van der Waals surface area contributed by atoms with E-state index in [0.717, 1.165) is 5.69 Å². The van der Waals surface area contributed by atoms with Crippen LogP contribution in [-0.2, 0) is 14.3 Å². The van der Waals surface area contributed by atoms with E-state index in [1.54, 1.807) is 18.2 Å². The molecule has 2 aromatic carbocycles. The van der Waals surface area contributed by atoms with Crippen LogP contribution in [0.5, 0.6) is 0 Å². The molecule has 2 rings (SSSR count). The third-order valence-electron chi connectivity index (χ3n) is 2.84. The third kappa shape index (κ3) is 4.49. The molecular weight excluding hydrogens is 304 g/mol. The maximum absolute atomic E-state index is 11.8. The lowest BCUT2D eigenvalue weighted by atomic mass is 10.2. The van der Waals surface area contributed by atoms with Crippen molar-refractivity contribution in [3.63, 3.8) is 0 Å². The number of hydrogen-bond donors (Lipinski definition) is 2. The molecule has 6 heteroatoms. The van der Waals surface area contributed by atoms with E-state index in [0.29, 0.717) is 16.4 Å². The molecule has 0 aliphatic rings. The van der Waals surface area contributed by atoms with Crippen molar-refractivity contribution >= 4 is 40.5 Å². The molecule has 0 aliphatic heterocycles. The second-order valence-corrected chi connectivity index (χ2v) is 4.92. The summed E-state index contributed by atoms with van der Waals surface area (Å²) < 4.78 is 4.47. The van der Waals surface area contributed by atoms with Gasteiger partial charge in [0, 0.05) is 10.7 Å². The van der Waals surface area contributed by atoms with Crippen LogP contribution in [0.1, 0.15) is 6.42 Å². The Kier molecular flexibility index (Phi) is 5.38. The Morgan fingerprint density at radius 2 is 1.82 bits per heavy atom. The smallest absolute Gasteiger partial charge is 0.315 e. The first-order chi connectivity index (χ1) is 10.6. The van der Waals surface area contributed by atoms with Gasteiger partial charge in [-0.05, 0) is 30.3 Å². The van der Waals surface area contributed by atoms with Gasteiger partial charge in [0.25, 0.3) is 0 Å². The maximum atomic E-state index is 11.8. The van der Waals surface area contributed by atoms with E-state index in [9.17, 15) is 9.59 Å². The van der Waals surface area contributed by atoms with E-state index in [-0.39, 0.29) is 6.42 Å². The van der Waals surface area contributed by atoms with Crippen molar-refractivity contribution in [1.29, 1.82) is 0 Å². The highest BCUT2D eigenvalue weighted by atomic mass is 35.5. The number of nitrogens with one attached hydrogen (secondary N) is 2. The molecule has 22 heavy (non-hydrogen) atoms. The SMILES string of the molecule is COC(=O)CC(=O)Nc1ccc(Cl)cc1Nc1ccccc1. The number of methoxy groups -OCH3 is 1. The molecule has 0 fully saturated rings. The van der Waals surface area contributed by atoms with Crippen molar-refractivity contribution in [1.82, 2.24) is 0 Å². The summed E-state index contributed by atoms with van der Waals surface area (Å²) in [6.45, 7) is 0. The number of amides is 1. The number of hydrogen-bond acceptors (Lipinski definition) is 4. The van der Waals surface area contributed by atoms with Crippen LogP contribution in [0, 0.1) is 0 Å². The van der Waals surface area contributed by atoms with Gasteiger partial charge in [0.1, 0.15) is 6.42 Å². The highest BCUT2D eigenvalue weighted by Gasteiger charge is 2.12. The molecule has 0 saturated carbocycles. The zero-order chi connectivity index (χ0) is 15.9. The standard InChI is InChI=1S/C16H15ClN2O3/c1-22-16(21)10-15(20)19-13-8-7-11(17)9-14(13)18-12-5-3-2-4-6-12/h2-9,18H,10H2,1H3,(H,19,20). The Bertz CT molecular complexity index is 674. The summed E-state index contributed by atoms with van der Waals surface area (Å²) in [4.78, 5) is 22.9. The van der Waals surface area contributed by atoms with Crippen molar-refractivity contribution in [2.24, 2.45) is 0 Å².